The summed E-state index contributed by atoms with van der Waals surface area (Å²) in [7, 11) is 3.17. The average molecular weight is 727 g/mol. The van der Waals surface area contributed by atoms with Gasteiger partial charge < -0.3 is 20.5 Å². The summed E-state index contributed by atoms with van der Waals surface area (Å²) in [6, 6.07) is 14.7. The molecule has 0 amide bonds. The van der Waals surface area contributed by atoms with E-state index in [4.69, 9.17) is 50.0 Å². The minimum absolute atomic E-state index is 0.153. The fourth-order valence-electron chi connectivity index (χ4n) is 5.29. The van der Waals surface area contributed by atoms with Crippen LogP contribution in [0.4, 0.5) is 0 Å². The summed E-state index contributed by atoms with van der Waals surface area (Å²) in [5.74, 6) is 0.398. The lowest BCUT2D eigenvalue weighted by Gasteiger charge is -2.25. The highest BCUT2D eigenvalue weighted by molar-refractivity contribution is 6.39. The molecule has 0 aliphatic heterocycles. The molecule has 0 unspecified atom stereocenters. The first-order valence-electron chi connectivity index (χ1n) is 15.5. The van der Waals surface area contributed by atoms with Gasteiger partial charge in [-0.15, -0.1) is 0 Å². The minimum atomic E-state index is -0.995. The van der Waals surface area contributed by atoms with Gasteiger partial charge in [0.1, 0.15) is 16.9 Å². The van der Waals surface area contributed by atoms with E-state index in [1.807, 2.05) is 36.4 Å². The Kier molecular flexibility index (Phi) is 11.0. The van der Waals surface area contributed by atoms with Crippen LogP contribution in [0, 0.1) is 0 Å². The number of aromatic nitrogens is 4. The first-order valence-corrected chi connectivity index (χ1v) is 16.7. The molecule has 0 saturated heterocycles. The largest absolute Gasteiger partial charge is 0.481 e. The number of nitrogens with one attached hydrogen (secondary N) is 2. The van der Waals surface area contributed by atoms with Crippen LogP contribution in [0.25, 0.3) is 39.0 Å². The van der Waals surface area contributed by atoms with Crippen molar-refractivity contribution >= 4 is 46.3 Å². The number of pyridine rings is 1. The molecule has 0 spiro atoms. The fraction of sp³-hybridized carbons (Fsp3) is 0.314. The molecule has 0 fully saturated rings. The topological polar surface area (TPSA) is 138 Å². The number of methoxy groups -OCH3 is 1. The van der Waals surface area contributed by atoms with Gasteiger partial charge in [-0.05, 0) is 39.8 Å². The van der Waals surface area contributed by atoms with Gasteiger partial charge in [0.05, 0.1) is 40.5 Å². The molecule has 0 atom stereocenters. The smallest absolute Gasteiger partial charge is 0.326 e. The molecule has 11 nitrogen and oxygen atoms in total. The van der Waals surface area contributed by atoms with Crippen LogP contribution in [0.5, 0.6) is 5.88 Å². The summed E-state index contributed by atoms with van der Waals surface area (Å²) in [6.45, 7) is 7.85. The normalized spacial score (nSPS) is 11.8. The van der Waals surface area contributed by atoms with Crippen LogP contribution < -0.4 is 26.7 Å². The number of benzene rings is 2. The van der Waals surface area contributed by atoms with Gasteiger partial charge in [0.2, 0.25) is 5.88 Å². The third kappa shape index (κ3) is 7.47. The third-order valence-electron chi connectivity index (χ3n) is 8.02. The van der Waals surface area contributed by atoms with Crippen molar-refractivity contribution < 1.29 is 14.3 Å². The van der Waals surface area contributed by atoms with E-state index < -0.39 is 11.5 Å². The molecule has 5 rings (SSSR count). The number of esters is 1. The first kappa shape index (κ1) is 36.3. The second kappa shape index (κ2) is 14.9. The Balaban J connectivity index is 1.50. The highest BCUT2D eigenvalue weighted by Gasteiger charge is 2.30. The zero-order valence-electron chi connectivity index (χ0n) is 28.0. The molecule has 49 heavy (non-hydrogen) atoms. The van der Waals surface area contributed by atoms with Gasteiger partial charge in [-0.3, -0.25) is 19.5 Å². The molecule has 14 heteroatoms. The molecule has 0 aliphatic rings. The third-order valence-corrected chi connectivity index (χ3v) is 9.17. The molecular formula is C35H38Cl3N7O4. The molecule has 0 saturated carbocycles. The highest BCUT2D eigenvalue weighted by Crippen LogP contribution is 2.43. The molecule has 2 aromatic carbocycles. The predicted molar refractivity (Wildman–Crippen MR) is 194 cm³/mol. The van der Waals surface area contributed by atoms with E-state index in [0.717, 1.165) is 0 Å². The van der Waals surface area contributed by atoms with Crippen molar-refractivity contribution in [1.29, 1.82) is 0 Å². The standard InChI is InChI=1S/C35H38Cl3N7O4/c1-19(2)49-34(47)35(3,4)41-16-29-43-45-17-20(13-28(45)33(46)44(29)5)21-9-7-10-22(30(21)37)23-11-8-12-24(31(23)38)27-14-26(36)25(15-40-18-39)32(42-27)48-6/h7-14,17,19,40-41H,15-16,18,39H2,1-6H3. The number of nitrogens with two attached hydrogens (primary N) is 1. The van der Waals surface area contributed by atoms with Crippen molar-refractivity contribution in [3.8, 4) is 39.4 Å². The van der Waals surface area contributed by atoms with E-state index in [0.29, 0.717) is 77.9 Å². The lowest BCUT2D eigenvalue weighted by molar-refractivity contribution is -0.154. The molecule has 5 aromatic rings. The quantitative estimate of drug-likeness (QED) is 0.101. The summed E-state index contributed by atoms with van der Waals surface area (Å²) in [5.41, 5.74) is 9.31. The summed E-state index contributed by atoms with van der Waals surface area (Å²) < 4.78 is 13.9. The Hall–Kier alpha value is -3.97. The number of hydrogen-bond donors (Lipinski definition) is 3. The number of carbonyl (C=O) groups excluding carboxylic acids is 1. The summed E-state index contributed by atoms with van der Waals surface area (Å²) in [4.78, 5) is 30.7. The van der Waals surface area contributed by atoms with Crippen LogP contribution in [0.2, 0.25) is 15.1 Å². The van der Waals surface area contributed by atoms with Crippen LogP contribution >= 0.6 is 34.8 Å². The first-order chi connectivity index (χ1) is 23.3. The maximum absolute atomic E-state index is 13.4. The summed E-state index contributed by atoms with van der Waals surface area (Å²) in [6.07, 6.45) is 1.50. The molecule has 258 valence electrons. The van der Waals surface area contributed by atoms with Crippen molar-refractivity contribution in [3.63, 3.8) is 0 Å². The lowest BCUT2D eigenvalue weighted by atomic mass is 9.97. The molecule has 0 bridgehead atoms. The number of nitrogens with zero attached hydrogens (tertiary/aromatic N) is 4. The number of hydrogen-bond acceptors (Lipinski definition) is 9. The Morgan fingerprint density at radius 3 is 2.27 bits per heavy atom. The van der Waals surface area contributed by atoms with Crippen molar-refractivity contribution in [2.24, 2.45) is 12.8 Å². The Morgan fingerprint density at radius 2 is 1.63 bits per heavy atom. The maximum atomic E-state index is 13.4. The van der Waals surface area contributed by atoms with Gasteiger partial charge in [-0.1, -0.05) is 71.2 Å². The van der Waals surface area contributed by atoms with Gasteiger partial charge in [0, 0.05) is 59.8 Å². The van der Waals surface area contributed by atoms with Crippen LogP contribution in [0.15, 0.2) is 59.5 Å². The number of rotatable bonds is 12. The van der Waals surface area contributed by atoms with E-state index in [-0.39, 0.29) is 24.9 Å². The van der Waals surface area contributed by atoms with E-state index >= 15 is 0 Å². The Labute approximate surface area is 299 Å². The van der Waals surface area contributed by atoms with Crippen LogP contribution in [-0.2, 0) is 29.7 Å². The molecule has 3 heterocycles. The molecule has 4 N–H and O–H groups in total. The van der Waals surface area contributed by atoms with Gasteiger partial charge >= 0.3 is 5.97 Å². The zero-order valence-corrected chi connectivity index (χ0v) is 30.3. The second-order valence-electron chi connectivity index (χ2n) is 12.2. The predicted octanol–water partition coefficient (Wildman–Crippen LogP) is 6.22. The highest BCUT2D eigenvalue weighted by atomic mass is 35.5. The second-order valence-corrected chi connectivity index (χ2v) is 13.4. The van der Waals surface area contributed by atoms with Crippen molar-refractivity contribution in [2.45, 2.75) is 52.4 Å². The number of ether oxygens (including phenoxy) is 2. The van der Waals surface area contributed by atoms with Crippen molar-refractivity contribution in [1.82, 2.24) is 29.8 Å². The Morgan fingerprint density at radius 1 is 1.00 bits per heavy atom. The van der Waals surface area contributed by atoms with E-state index in [9.17, 15) is 9.59 Å². The average Bonchev–Trinajstić information content (AvgIpc) is 3.49. The van der Waals surface area contributed by atoms with Crippen molar-refractivity contribution in [2.75, 3.05) is 13.8 Å². The van der Waals surface area contributed by atoms with Crippen LogP contribution in [0.1, 0.15) is 39.1 Å². The number of halogens is 3. The molecule has 0 radical (unpaired) electrons. The van der Waals surface area contributed by atoms with E-state index in [1.165, 1.54) is 16.2 Å². The Bertz CT molecular complexity index is 2090. The molecule has 3 aromatic heterocycles. The lowest BCUT2D eigenvalue weighted by Crippen LogP contribution is -2.48. The monoisotopic (exact) mass is 725 g/mol. The number of carbonyl (C=O) groups is 1. The van der Waals surface area contributed by atoms with Crippen LogP contribution in [0.3, 0.4) is 0 Å². The van der Waals surface area contributed by atoms with Crippen LogP contribution in [-0.4, -0.2) is 50.6 Å². The number of fused-ring (bicyclic) bond motifs is 1. The van der Waals surface area contributed by atoms with E-state index in [2.05, 4.69) is 20.7 Å². The van der Waals surface area contributed by atoms with Gasteiger partial charge in [0.25, 0.3) is 5.56 Å². The van der Waals surface area contributed by atoms with Crippen molar-refractivity contribution in [3.05, 3.63) is 91.5 Å². The summed E-state index contributed by atoms with van der Waals surface area (Å²) >= 11 is 20.8. The minimum Gasteiger partial charge on any atom is -0.481 e. The van der Waals surface area contributed by atoms with Gasteiger partial charge in [-0.25, -0.2) is 9.50 Å². The summed E-state index contributed by atoms with van der Waals surface area (Å²) in [5, 5.41) is 12.2. The zero-order chi connectivity index (χ0) is 35.6. The molecule has 0 aliphatic carbocycles. The van der Waals surface area contributed by atoms with Gasteiger partial charge in [-0.2, -0.15) is 5.10 Å². The molecular weight excluding hydrogens is 689 g/mol. The maximum Gasteiger partial charge on any atom is 0.326 e. The fourth-order valence-corrected chi connectivity index (χ4v) is 6.21. The van der Waals surface area contributed by atoms with E-state index in [1.54, 1.807) is 53.1 Å². The SMILES string of the molecule is COc1nc(-c2cccc(-c3cccc(-c4cc5c(=O)n(C)c(CNC(C)(C)C(=O)OC(C)C)nn5c4)c3Cl)c2Cl)cc(Cl)c1CNCN. The van der Waals surface area contributed by atoms with Gasteiger partial charge in [0.15, 0.2) is 0 Å².